The van der Waals surface area contributed by atoms with Gasteiger partial charge in [0, 0.05) is 13.2 Å². The highest BCUT2D eigenvalue weighted by atomic mass is 16.5. The van der Waals surface area contributed by atoms with Crippen molar-refractivity contribution in [3.05, 3.63) is 47.8 Å². The SMILES string of the molecule is COc1ccccc1C(=O)CC(=O)c1cnn(C)c1. The van der Waals surface area contributed by atoms with Crippen molar-refractivity contribution in [1.29, 1.82) is 0 Å². The molecule has 98 valence electrons. The monoisotopic (exact) mass is 258 g/mol. The average Bonchev–Trinajstić information content (AvgIpc) is 2.85. The van der Waals surface area contributed by atoms with Crippen LogP contribution in [0.25, 0.3) is 0 Å². The zero-order valence-electron chi connectivity index (χ0n) is 10.8. The third kappa shape index (κ3) is 2.88. The van der Waals surface area contributed by atoms with E-state index in [2.05, 4.69) is 5.10 Å². The number of hydrogen-bond acceptors (Lipinski definition) is 4. The van der Waals surface area contributed by atoms with Gasteiger partial charge in [-0.1, -0.05) is 12.1 Å². The molecule has 19 heavy (non-hydrogen) atoms. The molecule has 0 aliphatic rings. The van der Waals surface area contributed by atoms with E-state index >= 15 is 0 Å². The van der Waals surface area contributed by atoms with E-state index in [1.807, 2.05) is 0 Å². The quantitative estimate of drug-likeness (QED) is 0.607. The summed E-state index contributed by atoms with van der Waals surface area (Å²) in [5.74, 6) is -0.0261. The van der Waals surface area contributed by atoms with Gasteiger partial charge in [0.15, 0.2) is 11.6 Å². The van der Waals surface area contributed by atoms with Crippen molar-refractivity contribution in [3.63, 3.8) is 0 Å². The Balaban J connectivity index is 2.15. The van der Waals surface area contributed by atoms with Crippen molar-refractivity contribution in [2.75, 3.05) is 7.11 Å². The molecule has 0 fully saturated rings. The zero-order valence-corrected chi connectivity index (χ0v) is 10.8. The second kappa shape index (κ2) is 5.48. The van der Waals surface area contributed by atoms with Gasteiger partial charge in [0.25, 0.3) is 0 Å². The molecule has 0 spiro atoms. The minimum atomic E-state index is -0.258. The number of methoxy groups -OCH3 is 1. The number of carbonyl (C=O) groups excluding carboxylic acids is 2. The van der Waals surface area contributed by atoms with Crippen LogP contribution in [-0.2, 0) is 7.05 Å². The molecule has 5 heteroatoms. The first-order valence-corrected chi connectivity index (χ1v) is 5.80. The molecule has 5 nitrogen and oxygen atoms in total. The first kappa shape index (κ1) is 13.0. The van der Waals surface area contributed by atoms with Gasteiger partial charge in [0.2, 0.25) is 0 Å². The van der Waals surface area contributed by atoms with Crippen LogP contribution < -0.4 is 4.74 Å². The number of carbonyl (C=O) groups is 2. The Morgan fingerprint density at radius 2 is 2.00 bits per heavy atom. The molecule has 0 aliphatic carbocycles. The van der Waals surface area contributed by atoms with E-state index in [1.54, 1.807) is 37.5 Å². The van der Waals surface area contributed by atoms with E-state index in [4.69, 9.17) is 4.74 Å². The summed E-state index contributed by atoms with van der Waals surface area (Å²) in [6.45, 7) is 0. The van der Waals surface area contributed by atoms with E-state index in [0.29, 0.717) is 16.9 Å². The summed E-state index contributed by atoms with van der Waals surface area (Å²) >= 11 is 0. The predicted octanol–water partition coefficient (Wildman–Crippen LogP) is 1.88. The number of benzene rings is 1. The average molecular weight is 258 g/mol. The molecular formula is C14H14N2O3. The van der Waals surface area contributed by atoms with Crippen molar-refractivity contribution in [2.45, 2.75) is 6.42 Å². The van der Waals surface area contributed by atoms with E-state index in [9.17, 15) is 9.59 Å². The van der Waals surface area contributed by atoms with Gasteiger partial charge in [-0.3, -0.25) is 14.3 Å². The molecule has 1 heterocycles. The summed E-state index contributed by atoms with van der Waals surface area (Å²) in [5, 5.41) is 3.91. The maximum atomic E-state index is 12.1. The van der Waals surface area contributed by atoms with Crippen LogP contribution in [0.3, 0.4) is 0 Å². The molecule has 0 aliphatic heterocycles. The molecule has 0 bridgehead atoms. The molecule has 0 unspecified atom stereocenters. The summed E-state index contributed by atoms with van der Waals surface area (Å²) in [6, 6.07) is 6.86. The third-order valence-corrected chi connectivity index (χ3v) is 2.76. The molecule has 0 saturated heterocycles. The van der Waals surface area contributed by atoms with E-state index in [-0.39, 0.29) is 18.0 Å². The lowest BCUT2D eigenvalue weighted by atomic mass is 10.0. The second-order valence-corrected chi connectivity index (χ2v) is 4.13. The summed E-state index contributed by atoms with van der Waals surface area (Å²) in [7, 11) is 3.22. The highest BCUT2D eigenvalue weighted by molar-refractivity contribution is 6.14. The lowest BCUT2D eigenvalue weighted by molar-refractivity contribution is 0.0892. The largest absolute Gasteiger partial charge is 0.496 e. The standard InChI is InChI=1S/C14H14N2O3/c1-16-9-10(8-15-16)12(17)7-13(18)11-5-3-4-6-14(11)19-2/h3-6,8-9H,7H2,1-2H3. The molecule has 0 radical (unpaired) electrons. The molecule has 1 aromatic carbocycles. The van der Waals surface area contributed by atoms with Crippen molar-refractivity contribution in [1.82, 2.24) is 9.78 Å². The maximum absolute atomic E-state index is 12.1. The molecule has 2 aromatic rings. The number of rotatable bonds is 5. The predicted molar refractivity (Wildman–Crippen MR) is 69.5 cm³/mol. The minimum absolute atomic E-state index is 0.188. The van der Waals surface area contributed by atoms with Gasteiger partial charge in [-0.15, -0.1) is 0 Å². The van der Waals surface area contributed by atoms with Crippen molar-refractivity contribution in [3.8, 4) is 5.75 Å². The molecule has 2 rings (SSSR count). The van der Waals surface area contributed by atoms with Crippen LogP contribution in [0.2, 0.25) is 0 Å². The number of ether oxygens (including phenoxy) is 1. The molecule has 0 amide bonds. The number of hydrogen-bond donors (Lipinski definition) is 0. The zero-order chi connectivity index (χ0) is 13.8. The summed E-state index contributed by atoms with van der Waals surface area (Å²) in [4.78, 5) is 24.0. The van der Waals surface area contributed by atoms with Crippen LogP contribution in [0.4, 0.5) is 0 Å². The summed E-state index contributed by atoms with van der Waals surface area (Å²) in [6.07, 6.45) is 2.86. The Kier molecular flexibility index (Phi) is 3.75. The number of para-hydroxylation sites is 1. The second-order valence-electron chi connectivity index (χ2n) is 4.13. The maximum Gasteiger partial charge on any atom is 0.174 e. The number of nitrogens with zero attached hydrogens (tertiary/aromatic N) is 2. The van der Waals surface area contributed by atoms with Crippen molar-refractivity contribution < 1.29 is 14.3 Å². The lowest BCUT2D eigenvalue weighted by Gasteiger charge is -2.06. The fourth-order valence-electron chi connectivity index (χ4n) is 1.78. The van der Waals surface area contributed by atoms with Gasteiger partial charge in [-0.25, -0.2) is 0 Å². The van der Waals surface area contributed by atoms with Gasteiger partial charge in [0.05, 0.1) is 30.9 Å². The van der Waals surface area contributed by atoms with Crippen molar-refractivity contribution in [2.24, 2.45) is 7.05 Å². The van der Waals surface area contributed by atoms with Crippen molar-refractivity contribution >= 4 is 11.6 Å². The van der Waals surface area contributed by atoms with Gasteiger partial charge in [0.1, 0.15) is 5.75 Å². The van der Waals surface area contributed by atoms with E-state index < -0.39 is 0 Å². The Morgan fingerprint density at radius 1 is 1.26 bits per heavy atom. The topological polar surface area (TPSA) is 61.2 Å². The minimum Gasteiger partial charge on any atom is -0.496 e. The van der Waals surface area contributed by atoms with E-state index in [0.717, 1.165) is 0 Å². The third-order valence-electron chi connectivity index (χ3n) is 2.76. The van der Waals surface area contributed by atoms with Crippen LogP contribution in [0, 0.1) is 0 Å². The number of ketones is 2. The Hall–Kier alpha value is -2.43. The van der Waals surface area contributed by atoms with Crippen LogP contribution >= 0.6 is 0 Å². The normalized spacial score (nSPS) is 10.2. The fourth-order valence-corrected chi connectivity index (χ4v) is 1.78. The smallest absolute Gasteiger partial charge is 0.174 e. The van der Waals surface area contributed by atoms with E-state index in [1.165, 1.54) is 18.0 Å². The van der Waals surface area contributed by atoms with Crippen LogP contribution in [0.5, 0.6) is 5.75 Å². The Morgan fingerprint density at radius 3 is 2.63 bits per heavy atom. The fraction of sp³-hybridized carbons (Fsp3) is 0.214. The number of aromatic nitrogens is 2. The highest BCUT2D eigenvalue weighted by Gasteiger charge is 2.17. The van der Waals surface area contributed by atoms with Crippen LogP contribution in [0.15, 0.2) is 36.7 Å². The number of aryl methyl sites for hydroxylation is 1. The van der Waals surface area contributed by atoms with Crippen LogP contribution in [-0.4, -0.2) is 28.5 Å². The summed E-state index contributed by atoms with van der Waals surface area (Å²) < 4.78 is 6.64. The van der Waals surface area contributed by atoms with Gasteiger partial charge < -0.3 is 4.74 Å². The van der Waals surface area contributed by atoms with Crippen LogP contribution in [0.1, 0.15) is 27.1 Å². The molecule has 0 saturated carbocycles. The first-order chi connectivity index (χ1) is 9.11. The van der Waals surface area contributed by atoms with Gasteiger partial charge >= 0.3 is 0 Å². The van der Waals surface area contributed by atoms with Gasteiger partial charge in [-0.05, 0) is 12.1 Å². The highest BCUT2D eigenvalue weighted by Crippen LogP contribution is 2.19. The lowest BCUT2D eigenvalue weighted by Crippen LogP contribution is -2.09. The molecule has 0 N–H and O–H groups in total. The number of Topliss-reactive ketones (excluding diaryl/α,β-unsaturated/α-hetero) is 2. The molecular weight excluding hydrogens is 244 g/mol. The summed E-state index contributed by atoms with van der Waals surface area (Å²) in [5.41, 5.74) is 0.855. The Labute approximate surface area is 110 Å². The Bertz CT molecular complexity index is 617. The first-order valence-electron chi connectivity index (χ1n) is 5.80. The molecule has 0 atom stereocenters. The van der Waals surface area contributed by atoms with Gasteiger partial charge in [-0.2, -0.15) is 5.10 Å². The molecule has 1 aromatic heterocycles.